The van der Waals surface area contributed by atoms with Crippen LogP contribution in [0.15, 0.2) is 0 Å². The molecule has 0 saturated heterocycles. The van der Waals surface area contributed by atoms with Crippen molar-refractivity contribution in [1.82, 2.24) is 0 Å². The Bertz CT molecular complexity index is 517. The van der Waals surface area contributed by atoms with Crippen molar-refractivity contribution in [3.8, 4) is 0 Å². The quantitative estimate of drug-likeness (QED) is 0.156. The second-order valence-electron chi connectivity index (χ2n) is 14.7. The number of hydrogen-bond acceptors (Lipinski definition) is 2. The van der Waals surface area contributed by atoms with Crippen molar-refractivity contribution in [1.29, 1.82) is 0 Å². The molecule has 42 heavy (non-hydrogen) atoms. The van der Waals surface area contributed by atoms with Gasteiger partial charge in [-0.3, -0.25) is 0 Å². The van der Waals surface area contributed by atoms with E-state index in [-0.39, 0.29) is 20.4 Å². The van der Waals surface area contributed by atoms with Gasteiger partial charge in [0.15, 0.2) is 0 Å². The molecule has 0 amide bonds. The summed E-state index contributed by atoms with van der Waals surface area (Å²) >= 11 is 0. The van der Waals surface area contributed by atoms with Crippen molar-refractivity contribution in [2.75, 3.05) is 0 Å². The Morgan fingerprint density at radius 1 is 0.333 bits per heavy atom. The third-order valence-electron chi connectivity index (χ3n) is 12.0. The second-order valence-corrected chi connectivity index (χ2v) is 20.9. The van der Waals surface area contributed by atoms with E-state index < -0.39 is 6.47 Å². The number of carbonyl (C=O) groups excluding carboxylic acids is 1. The molecule has 6 fully saturated rings. The van der Waals surface area contributed by atoms with Crippen LogP contribution in [0, 0.1) is 0 Å². The summed E-state index contributed by atoms with van der Waals surface area (Å²) in [5, 5.41) is 8.25. The van der Waals surface area contributed by atoms with Gasteiger partial charge >= 0.3 is 20.4 Å². The monoisotopic (exact) mass is 712 g/mol. The molecular formula is C37H68O2P2Pd. The topological polar surface area (TPSA) is 40.1 Å². The third-order valence-corrected chi connectivity index (χ3v) is 20.1. The summed E-state index contributed by atoms with van der Waals surface area (Å²) in [6.07, 6.45) is 47.2. The fourth-order valence-corrected chi connectivity index (χ4v) is 19.4. The normalized spacial score (nSPS) is 26.4. The molecule has 0 unspecified atom stereocenters. The molecule has 0 aromatic heterocycles. The molecule has 1 radical (unpaired) electrons. The summed E-state index contributed by atoms with van der Waals surface area (Å²) in [5.74, 6) is 0. The van der Waals surface area contributed by atoms with Crippen molar-refractivity contribution in [3.63, 3.8) is 0 Å². The fourth-order valence-electron chi connectivity index (χ4n) is 10.1. The molecule has 248 valence electrons. The Morgan fingerprint density at radius 2 is 0.452 bits per heavy atom. The average Bonchev–Trinajstić information content (AvgIpc) is 3.05. The van der Waals surface area contributed by atoms with Crippen LogP contribution >= 0.6 is 15.8 Å². The predicted octanol–water partition coefficient (Wildman–Crippen LogP) is 11.0. The summed E-state index contributed by atoms with van der Waals surface area (Å²) in [7, 11) is 0.770. The average molecular weight is 713 g/mol. The van der Waals surface area contributed by atoms with E-state index in [9.17, 15) is 0 Å². The Kier molecular flexibility index (Phi) is 20.1. The maximum atomic E-state index is 8.25. The maximum absolute atomic E-state index is 8.25. The van der Waals surface area contributed by atoms with Crippen LogP contribution in [0.3, 0.4) is 0 Å². The van der Waals surface area contributed by atoms with Crippen molar-refractivity contribution in [2.24, 2.45) is 0 Å². The van der Waals surface area contributed by atoms with Gasteiger partial charge in [-0.2, -0.15) is 0 Å². The molecule has 6 saturated carbocycles. The number of hydrogen-bond donors (Lipinski definition) is 0. The van der Waals surface area contributed by atoms with E-state index >= 15 is 0 Å². The van der Waals surface area contributed by atoms with Gasteiger partial charge < -0.3 is 9.90 Å². The van der Waals surface area contributed by atoms with Crippen molar-refractivity contribution >= 4 is 22.3 Å². The molecule has 0 atom stereocenters. The number of carbonyl (C=O) groups is 1. The van der Waals surface area contributed by atoms with E-state index in [0.717, 1.165) is 0 Å². The molecule has 6 aliphatic carbocycles. The van der Waals surface area contributed by atoms with Gasteiger partial charge in [-0.25, -0.2) is 0 Å². The Morgan fingerprint density at radius 3 is 0.571 bits per heavy atom. The molecule has 0 aromatic carbocycles. The first kappa shape index (κ1) is 37.5. The SMILES string of the molecule is C1CCC(P(C2CCCCC2)C2CCCCC2)CC1.C1CCC(P(C2CCCCC2)C2CCCCC2)CC1.O=C[O-].[PdH+]. The molecule has 6 rings (SSSR count). The van der Waals surface area contributed by atoms with Gasteiger partial charge in [0.2, 0.25) is 0 Å². The van der Waals surface area contributed by atoms with Gasteiger partial charge in [-0.1, -0.05) is 131 Å². The number of rotatable bonds is 6. The number of carboxylic acid groups (broad SMARTS) is 1. The van der Waals surface area contributed by atoms with E-state index in [1.54, 1.807) is 154 Å². The van der Waals surface area contributed by atoms with Crippen molar-refractivity contribution in [2.45, 2.75) is 227 Å². The van der Waals surface area contributed by atoms with E-state index in [0.29, 0.717) is 15.8 Å². The first-order valence-corrected chi connectivity index (χ1v) is 22.0. The van der Waals surface area contributed by atoms with Gasteiger partial charge in [-0.05, 0) is 111 Å². The molecule has 0 aromatic rings. The van der Waals surface area contributed by atoms with E-state index in [1.807, 2.05) is 0 Å². The van der Waals surface area contributed by atoms with Gasteiger partial charge in [0, 0.05) is 6.47 Å². The summed E-state index contributed by atoms with van der Waals surface area (Å²) in [6, 6.07) is 0. The second kappa shape index (κ2) is 22.5. The Labute approximate surface area is 278 Å². The molecule has 0 N–H and O–H groups in total. The fraction of sp³-hybridized carbons (Fsp3) is 0.973. The molecule has 6 aliphatic rings. The minimum atomic E-state index is -0.500. The van der Waals surface area contributed by atoms with Crippen LogP contribution < -0.4 is 5.11 Å². The summed E-state index contributed by atoms with van der Waals surface area (Å²) in [4.78, 5) is 8.25. The molecule has 5 heteroatoms. The standard InChI is InChI=1S/2C18H33P.CH2O2.Pd.H/c2*1-4-10-16(11-5-1)19(17-12-6-2-7-13-17)18-14-8-3-9-15-18;2-1-3;;/h2*16-18H,1-15H2;1H,(H,2,3);;/q;;;+1;/p-1. The first-order chi connectivity index (χ1) is 20.3. The first-order valence-electron chi connectivity index (χ1n) is 18.9. The zero-order chi connectivity index (χ0) is 28.5. The van der Waals surface area contributed by atoms with Gasteiger partial charge in [-0.15, -0.1) is 0 Å². The Balaban J connectivity index is 0.000000207. The molecule has 0 bridgehead atoms. The van der Waals surface area contributed by atoms with Crippen LogP contribution in [-0.4, -0.2) is 40.4 Å². The summed E-state index contributed by atoms with van der Waals surface area (Å²) < 4.78 is 0. The molecule has 0 spiro atoms. The zero-order valence-corrected chi connectivity index (χ0v) is 30.7. The van der Waals surface area contributed by atoms with Crippen molar-refractivity contribution < 1.29 is 30.3 Å². The van der Waals surface area contributed by atoms with Crippen LogP contribution in [0.5, 0.6) is 0 Å². The van der Waals surface area contributed by atoms with Crippen LogP contribution in [0.2, 0.25) is 0 Å². The van der Waals surface area contributed by atoms with Crippen molar-refractivity contribution in [3.05, 3.63) is 0 Å². The van der Waals surface area contributed by atoms with Gasteiger partial charge in [0.05, 0.1) is 0 Å². The van der Waals surface area contributed by atoms with Gasteiger partial charge in [0.25, 0.3) is 0 Å². The summed E-state index contributed by atoms with van der Waals surface area (Å²) in [6.45, 7) is -0.500. The molecular weight excluding hydrogens is 645 g/mol. The van der Waals surface area contributed by atoms with Crippen LogP contribution in [0.1, 0.15) is 193 Å². The van der Waals surface area contributed by atoms with Gasteiger partial charge in [0.1, 0.15) is 0 Å². The molecule has 0 aliphatic heterocycles. The van der Waals surface area contributed by atoms with Crippen LogP contribution in [0.4, 0.5) is 0 Å². The van der Waals surface area contributed by atoms with E-state index in [1.165, 1.54) is 72.5 Å². The zero-order valence-electron chi connectivity index (χ0n) is 27.3. The van der Waals surface area contributed by atoms with E-state index in [4.69, 9.17) is 9.90 Å². The van der Waals surface area contributed by atoms with Crippen LogP contribution in [-0.2, 0) is 25.2 Å². The Hall–Kier alpha value is 0.992. The van der Waals surface area contributed by atoms with E-state index in [2.05, 4.69) is 0 Å². The van der Waals surface area contributed by atoms with Crippen LogP contribution in [0.25, 0.3) is 0 Å². The summed E-state index contributed by atoms with van der Waals surface area (Å²) in [5.41, 5.74) is 7.14. The molecule has 2 nitrogen and oxygen atoms in total. The minimum absolute atomic E-state index is 0. The molecule has 0 heterocycles. The third kappa shape index (κ3) is 12.3. The predicted molar refractivity (Wildman–Crippen MR) is 183 cm³/mol.